The summed E-state index contributed by atoms with van der Waals surface area (Å²) in [5.41, 5.74) is 2.48. The first-order chi connectivity index (χ1) is 13.2. The highest BCUT2D eigenvalue weighted by Gasteiger charge is 2.67. The topological polar surface area (TPSA) is 0 Å². The van der Waals surface area contributed by atoms with E-state index in [4.69, 9.17) is 0 Å². The van der Waals surface area contributed by atoms with Gasteiger partial charge in [-0.15, -0.1) is 0 Å². The highest BCUT2D eigenvalue weighted by atomic mass is 14.7. The van der Waals surface area contributed by atoms with Crippen molar-refractivity contribution >= 4 is 0 Å². The van der Waals surface area contributed by atoms with Gasteiger partial charge in [0, 0.05) is 0 Å². The molecule has 0 aromatic carbocycles. The smallest absolute Gasteiger partial charge is 0.0235 e. The van der Waals surface area contributed by atoms with Crippen LogP contribution in [0.3, 0.4) is 0 Å². The number of hydrogen-bond acceptors (Lipinski definition) is 0. The van der Waals surface area contributed by atoms with E-state index in [9.17, 15) is 0 Å². The van der Waals surface area contributed by atoms with Crippen LogP contribution in [0.25, 0.3) is 0 Å². The third-order valence-corrected chi connectivity index (χ3v) is 12.8. The van der Waals surface area contributed by atoms with Crippen LogP contribution in [0.4, 0.5) is 0 Å². The first-order valence-electron chi connectivity index (χ1n) is 13.2. The average molecular weight is 385 g/mol. The quantitative estimate of drug-likeness (QED) is 0.425. The van der Waals surface area contributed by atoms with E-state index in [2.05, 4.69) is 41.5 Å². The number of hydrogen-bond donors (Lipinski definition) is 0. The molecule has 5 saturated carbocycles. The van der Waals surface area contributed by atoms with E-state index < -0.39 is 0 Å². The Morgan fingerprint density at radius 1 is 0.643 bits per heavy atom. The molecule has 5 aliphatic carbocycles. The van der Waals surface area contributed by atoms with Gasteiger partial charge in [-0.1, -0.05) is 54.4 Å². The van der Waals surface area contributed by atoms with Crippen molar-refractivity contribution in [2.75, 3.05) is 0 Å². The van der Waals surface area contributed by atoms with Crippen LogP contribution in [0.2, 0.25) is 0 Å². The standard InChI is InChI=1S/C28H48/c1-7-19-12-16-26(4)21(19)13-18-28(6)24(26)11-10-23-20-9-8-15-25(2,3)22(20)14-17-27(23,28)5/h19-24H,7-18H2,1-6H3/t19-,20+,21+,22-,23-,24-,26+,27-,28-/m1/s1. The van der Waals surface area contributed by atoms with Crippen molar-refractivity contribution < 1.29 is 0 Å². The Labute approximate surface area is 176 Å². The fourth-order valence-corrected chi connectivity index (χ4v) is 11.1. The summed E-state index contributed by atoms with van der Waals surface area (Å²) in [7, 11) is 0. The van der Waals surface area contributed by atoms with E-state index in [0.717, 1.165) is 35.5 Å². The lowest BCUT2D eigenvalue weighted by molar-refractivity contribution is -0.215. The van der Waals surface area contributed by atoms with Crippen LogP contribution >= 0.6 is 0 Å². The molecule has 0 amide bonds. The predicted octanol–water partition coefficient (Wildman–Crippen LogP) is 8.50. The fraction of sp³-hybridized carbons (Fsp3) is 1.00. The Balaban J connectivity index is 1.49. The molecule has 5 rings (SSSR count). The van der Waals surface area contributed by atoms with Gasteiger partial charge in [0.05, 0.1) is 0 Å². The van der Waals surface area contributed by atoms with Crippen molar-refractivity contribution in [3.05, 3.63) is 0 Å². The lowest BCUT2D eigenvalue weighted by Crippen LogP contribution is -2.63. The van der Waals surface area contributed by atoms with Crippen LogP contribution in [-0.4, -0.2) is 0 Å². The van der Waals surface area contributed by atoms with Gasteiger partial charge in [-0.05, 0) is 121 Å². The summed E-state index contributed by atoms with van der Waals surface area (Å²) in [6.45, 7) is 16.0. The van der Waals surface area contributed by atoms with Gasteiger partial charge in [0.15, 0.2) is 0 Å². The van der Waals surface area contributed by atoms with Crippen LogP contribution in [0, 0.1) is 57.2 Å². The molecule has 0 spiro atoms. The second-order valence-electron chi connectivity index (χ2n) is 13.6. The maximum atomic E-state index is 2.80. The van der Waals surface area contributed by atoms with Crippen molar-refractivity contribution in [3.63, 3.8) is 0 Å². The first-order valence-corrected chi connectivity index (χ1v) is 13.2. The summed E-state index contributed by atoms with van der Waals surface area (Å²) in [4.78, 5) is 0. The van der Waals surface area contributed by atoms with Crippen LogP contribution in [0.15, 0.2) is 0 Å². The van der Waals surface area contributed by atoms with Gasteiger partial charge in [0.2, 0.25) is 0 Å². The Morgan fingerprint density at radius 3 is 2.11 bits per heavy atom. The van der Waals surface area contributed by atoms with Crippen molar-refractivity contribution in [2.45, 2.75) is 119 Å². The SMILES string of the molecule is CC[C@@H]1CC[C@]2(C)[C@H]3CC[C@@H]4[C@H]5CCCC(C)(C)[C@@H]5CC[C@@]4(C)[C@]3(C)CC[C@@H]12. The summed E-state index contributed by atoms with van der Waals surface area (Å²) in [6, 6.07) is 0. The molecule has 0 saturated heterocycles. The third-order valence-electron chi connectivity index (χ3n) is 12.8. The Hall–Kier alpha value is 0. The van der Waals surface area contributed by atoms with E-state index in [-0.39, 0.29) is 0 Å². The lowest BCUT2D eigenvalue weighted by Gasteiger charge is -2.70. The molecule has 0 unspecified atom stereocenters. The van der Waals surface area contributed by atoms with Gasteiger partial charge in [-0.25, -0.2) is 0 Å². The number of rotatable bonds is 1. The van der Waals surface area contributed by atoms with E-state index in [1.165, 1.54) is 44.9 Å². The zero-order valence-corrected chi connectivity index (χ0v) is 19.9. The highest BCUT2D eigenvalue weighted by Crippen LogP contribution is 2.75. The van der Waals surface area contributed by atoms with Gasteiger partial charge >= 0.3 is 0 Å². The molecule has 9 atom stereocenters. The van der Waals surface area contributed by atoms with Crippen LogP contribution < -0.4 is 0 Å². The Bertz CT molecular complexity index is 618. The molecule has 5 aliphatic rings. The van der Waals surface area contributed by atoms with Crippen molar-refractivity contribution in [3.8, 4) is 0 Å². The molecule has 0 N–H and O–H groups in total. The van der Waals surface area contributed by atoms with Gasteiger partial charge in [-0.2, -0.15) is 0 Å². The minimum Gasteiger partial charge on any atom is -0.0651 e. The third kappa shape index (κ3) is 2.36. The monoisotopic (exact) mass is 384 g/mol. The zero-order chi connectivity index (χ0) is 19.9. The van der Waals surface area contributed by atoms with Gasteiger partial charge in [0.1, 0.15) is 0 Å². The second kappa shape index (κ2) is 6.26. The molecule has 0 aromatic heterocycles. The molecule has 5 fully saturated rings. The van der Waals surface area contributed by atoms with Crippen LogP contribution in [0.1, 0.15) is 119 Å². The van der Waals surface area contributed by atoms with E-state index in [1.807, 2.05) is 0 Å². The van der Waals surface area contributed by atoms with Crippen LogP contribution in [-0.2, 0) is 0 Å². The molecule has 28 heavy (non-hydrogen) atoms. The first kappa shape index (κ1) is 19.9. The Morgan fingerprint density at radius 2 is 1.36 bits per heavy atom. The lowest BCUT2D eigenvalue weighted by atomic mass is 9.34. The van der Waals surface area contributed by atoms with E-state index >= 15 is 0 Å². The normalized spacial score (nSPS) is 57.6. The molecule has 0 heteroatoms. The average Bonchev–Trinajstić information content (AvgIpc) is 2.98. The summed E-state index contributed by atoms with van der Waals surface area (Å²) >= 11 is 0. The maximum absolute atomic E-state index is 2.80. The summed E-state index contributed by atoms with van der Waals surface area (Å²) in [5, 5.41) is 0. The molecular weight excluding hydrogens is 336 g/mol. The van der Waals surface area contributed by atoms with Crippen molar-refractivity contribution in [1.82, 2.24) is 0 Å². The fourth-order valence-electron chi connectivity index (χ4n) is 11.1. The number of fused-ring (bicyclic) bond motifs is 7. The molecule has 0 nitrogen and oxygen atoms in total. The van der Waals surface area contributed by atoms with Gasteiger partial charge in [-0.3, -0.25) is 0 Å². The minimum absolute atomic E-state index is 0.603. The molecular formula is C28H48. The summed E-state index contributed by atoms with van der Waals surface area (Å²) in [6.07, 6.45) is 18.3. The summed E-state index contributed by atoms with van der Waals surface area (Å²) < 4.78 is 0. The molecule has 160 valence electrons. The minimum atomic E-state index is 0.603. The highest BCUT2D eigenvalue weighted by molar-refractivity contribution is 5.16. The van der Waals surface area contributed by atoms with Crippen molar-refractivity contribution in [1.29, 1.82) is 0 Å². The van der Waals surface area contributed by atoms with E-state index in [1.54, 1.807) is 32.1 Å². The van der Waals surface area contributed by atoms with Crippen molar-refractivity contribution in [2.24, 2.45) is 57.2 Å². The van der Waals surface area contributed by atoms with Gasteiger partial charge in [0.25, 0.3) is 0 Å². The Kier molecular flexibility index (Phi) is 4.46. The van der Waals surface area contributed by atoms with Crippen LogP contribution in [0.5, 0.6) is 0 Å². The maximum Gasteiger partial charge on any atom is -0.0235 e. The molecule has 0 aromatic rings. The molecule has 0 aliphatic heterocycles. The predicted molar refractivity (Wildman–Crippen MR) is 120 cm³/mol. The van der Waals surface area contributed by atoms with Gasteiger partial charge < -0.3 is 0 Å². The largest absolute Gasteiger partial charge is 0.0651 e. The molecule has 0 heterocycles. The summed E-state index contributed by atoms with van der Waals surface area (Å²) in [5.74, 6) is 6.16. The van der Waals surface area contributed by atoms with E-state index in [0.29, 0.717) is 21.7 Å². The zero-order valence-electron chi connectivity index (χ0n) is 19.9. The molecule has 0 radical (unpaired) electrons. The second-order valence-corrected chi connectivity index (χ2v) is 13.6. The molecule has 0 bridgehead atoms.